The van der Waals surface area contributed by atoms with Crippen molar-refractivity contribution in [1.29, 1.82) is 0 Å². The van der Waals surface area contributed by atoms with Crippen LogP contribution in [0.4, 0.5) is 0 Å². The van der Waals surface area contributed by atoms with Gasteiger partial charge in [0.1, 0.15) is 11.9 Å². The van der Waals surface area contributed by atoms with Crippen molar-refractivity contribution in [2.24, 2.45) is 5.92 Å². The van der Waals surface area contributed by atoms with E-state index in [1.807, 2.05) is 7.05 Å². The van der Waals surface area contributed by atoms with Gasteiger partial charge in [-0.3, -0.25) is 0 Å². The van der Waals surface area contributed by atoms with Crippen LogP contribution in [0.25, 0.3) is 0 Å². The van der Waals surface area contributed by atoms with Crippen molar-refractivity contribution in [2.75, 3.05) is 13.6 Å². The molecule has 0 radical (unpaired) electrons. The second-order valence-corrected chi connectivity index (χ2v) is 5.50. The van der Waals surface area contributed by atoms with E-state index in [9.17, 15) is 0 Å². The molecule has 0 bridgehead atoms. The average molecular weight is 247 g/mol. The third-order valence-electron chi connectivity index (χ3n) is 4.07. The Morgan fingerprint density at radius 1 is 1.17 bits per heavy atom. The van der Waals surface area contributed by atoms with E-state index in [0.29, 0.717) is 12.0 Å². The molecule has 0 amide bonds. The lowest BCUT2D eigenvalue weighted by molar-refractivity contribution is 0.0930. The summed E-state index contributed by atoms with van der Waals surface area (Å²) in [7, 11) is 2.03. The van der Waals surface area contributed by atoms with Crippen LogP contribution >= 0.6 is 0 Å². The van der Waals surface area contributed by atoms with Gasteiger partial charge in [-0.1, -0.05) is 12.5 Å². The fraction of sp³-hybridized carbons (Fsp3) is 0.625. The maximum atomic E-state index is 6.22. The number of hydrogen-bond donors (Lipinski definition) is 1. The molecule has 18 heavy (non-hydrogen) atoms. The molecule has 2 atom stereocenters. The van der Waals surface area contributed by atoms with Crippen LogP contribution in [0.15, 0.2) is 18.2 Å². The Morgan fingerprint density at radius 3 is 2.67 bits per heavy atom. The van der Waals surface area contributed by atoms with Crippen LogP contribution in [-0.2, 0) is 0 Å². The Balaban J connectivity index is 2.03. The fourth-order valence-electron chi connectivity index (χ4n) is 2.79. The molecule has 1 N–H and O–H groups in total. The minimum Gasteiger partial charge on any atom is -0.490 e. The first-order valence-corrected chi connectivity index (χ1v) is 7.09. The Morgan fingerprint density at radius 2 is 1.94 bits per heavy atom. The van der Waals surface area contributed by atoms with Crippen LogP contribution in [0.3, 0.4) is 0 Å². The van der Waals surface area contributed by atoms with Crippen molar-refractivity contribution < 1.29 is 4.74 Å². The molecule has 0 saturated heterocycles. The highest BCUT2D eigenvalue weighted by molar-refractivity contribution is 5.34. The molecule has 2 nitrogen and oxygen atoms in total. The van der Waals surface area contributed by atoms with Crippen molar-refractivity contribution in [3.63, 3.8) is 0 Å². The smallest absolute Gasteiger partial charge is 0.120 e. The molecule has 1 saturated carbocycles. The highest BCUT2D eigenvalue weighted by Crippen LogP contribution is 2.28. The average Bonchev–Trinajstić information content (AvgIpc) is 2.37. The van der Waals surface area contributed by atoms with Gasteiger partial charge in [0, 0.05) is 12.5 Å². The summed E-state index contributed by atoms with van der Waals surface area (Å²) in [4.78, 5) is 0. The first-order chi connectivity index (χ1) is 8.70. The number of aryl methyl sites for hydroxylation is 2. The van der Waals surface area contributed by atoms with E-state index in [1.54, 1.807) is 0 Å². The summed E-state index contributed by atoms with van der Waals surface area (Å²) in [6, 6.07) is 6.42. The van der Waals surface area contributed by atoms with Gasteiger partial charge in [0.05, 0.1) is 0 Å². The molecule has 0 heterocycles. The van der Waals surface area contributed by atoms with Gasteiger partial charge >= 0.3 is 0 Å². The van der Waals surface area contributed by atoms with Crippen LogP contribution in [0.2, 0.25) is 0 Å². The molecule has 2 unspecified atom stereocenters. The minimum atomic E-state index is 0.383. The second-order valence-electron chi connectivity index (χ2n) is 5.50. The molecule has 1 aliphatic rings. The van der Waals surface area contributed by atoms with Gasteiger partial charge in [0.15, 0.2) is 0 Å². The lowest BCUT2D eigenvalue weighted by Gasteiger charge is -2.32. The number of ether oxygens (including phenoxy) is 1. The topological polar surface area (TPSA) is 21.3 Å². The summed E-state index contributed by atoms with van der Waals surface area (Å²) in [5.74, 6) is 1.69. The Labute approximate surface area is 111 Å². The normalized spacial score (nSPS) is 23.9. The first kappa shape index (κ1) is 13.4. The zero-order valence-electron chi connectivity index (χ0n) is 11.8. The van der Waals surface area contributed by atoms with Gasteiger partial charge in [-0.2, -0.15) is 0 Å². The zero-order chi connectivity index (χ0) is 13.0. The van der Waals surface area contributed by atoms with Gasteiger partial charge in [-0.15, -0.1) is 0 Å². The zero-order valence-corrected chi connectivity index (χ0v) is 11.8. The molecule has 1 aromatic rings. The molecule has 100 valence electrons. The van der Waals surface area contributed by atoms with E-state index in [4.69, 9.17) is 4.74 Å². The predicted octanol–water partition coefficient (Wildman–Crippen LogP) is 3.46. The molecule has 1 aromatic carbocycles. The summed E-state index contributed by atoms with van der Waals surface area (Å²) in [5, 5.41) is 3.29. The van der Waals surface area contributed by atoms with E-state index in [2.05, 4.69) is 37.4 Å². The van der Waals surface area contributed by atoms with E-state index in [-0.39, 0.29) is 0 Å². The molecule has 2 heteroatoms. The molecule has 1 fully saturated rings. The third-order valence-corrected chi connectivity index (χ3v) is 4.07. The molecule has 0 spiro atoms. The van der Waals surface area contributed by atoms with Gasteiger partial charge in [-0.25, -0.2) is 0 Å². The Bertz CT molecular complexity index is 387. The van der Waals surface area contributed by atoms with Crippen LogP contribution < -0.4 is 10.1 Å². The van der Waals surface area contributed by atoms with Gasteiger partial charge in [-0.05, 0) is 63.4 Å². The first-order valence-electron chi connectivity index (χ1n) is 7.09. The lowest BCUT2D eigenvalue weighted by atomic mass is 9.86. The van der Waals surface area contributed by atoms with Crippen LogP contribution in [0, 0.1) is 19.8 Å². The van der Waals surface area contributed by atoms with Crippen molar-refractivity contribution in [1.82, 2.24) is 5.32 Å². The summed E-state index contributed by atoms with van der Waals surface area (Å²) < 4.78 is 6.22. The number of hydrogen-bond acceptors (Lipinski definition) is 2. The number of benzene rings is 1. The van der Waals surface area contributed by atoms with E-state index >= 15 is 0 Å². The molecule has 0 aromatic heterocycles. The highest BCUT2D eigenvalue weighted by Gasteiger charge is 2.26. The summed E-state index contributed by atoms with van der Waals surface area (Å²) >= 11 is 0. The molecular weight excluding hydrogens is 222 g/mol. The van der Waals surface area contributed by atoms with Gasteiger partial charge < -0.3 is 10.1 Å². The summed E-state index contributed by atoms with van der Waals surface area (Å²) in [5.41, 5.74) is 2.64. The van der Waals surface area contributed by atoms with Crippen molar-refractivity contribution in [3.05, 3.63) is 29.3 Å². The monoisotopic (exact) mass is 247 g/mol. The Kier molecular flexibility index (Phi) is 4.65. The summed E-state index contributed by atoms with van der Waals surface area (Å²) in [6.45, 7) is 5.35. The molecule has 0 aliphatic heterocycles. The molecule has 2 rings (SSSR count). The van der Waals surface area contributed by atoms with E-state index in [0.717, 1.165) is 12.3 Å². The van der Waals surface area contributed by atoms with Crippen molar-refractivity contribution in [3.8, 4) is 5.75 Å². The largest absolute Gasteiger partial charge is 0.490 e. The van der Waals surface area contributed by atoms with Gasteiger partial charge in [0.2, 0.25) is 0 Å². The van der Waals surface area contributed by atoms with Gasteiger partial charge in [0.25, 0.3) is 0 Å². The van der Waals surface area contributed by atoms with Crippen LogP contribution in [0.1, 0.15) is 36.8 Å². The number of rotatable bonds is 4. The standard InChI is InChI=1S/C16H25NO/c1-12-8-9-15(10-13(12)2)18-16-7-5-4-6-14(16)11-17-3/h8-10,14,16-17H,4-7,11H2,1-3H3. The van der Waals surface area contributed by atoms with Crippen LogP contribution in [0.5, 0.6) is 5.75 Å². The maximum Gasteiger partial charge on any atom is 0.120 e. The predicted molar refractivity (Wildman–Crippen MR) is 76.2 cm³/mol. The highest BCUT2D eigenvalue weighted by atomic mass is 16.5. The van der Waals surface area contributed by atoms with Crippen LogP contribution in [-0.4, -0.2) is 19.7 Å². The second kappa shape index (κ2) is 6.24. The number of nitrogens with one attached hydrogen (secondary N) is 1. The lowest BCUT2D eigenvalue weighted by Crippen LogP contribution is -2.36. The van der Waals surface area contributed by atoms with Crippen molar-refractivity contribution >= 4 is 0 Å². The molecular formula is C16H25NO. The maximum absolute atomic E-state index is 6.22. The quantitative estimate of drug-likeness (QED) is 0.879. The van der Waals surface area contributed by atoms with E-state index in [1.165, 1.54) is 36.8 Å². The van der Waals surface area contributed by atoms with Crippen molar-refractivity contribution in [2.45, 2.75) is 45.6 Å². The summed E-state index contributed by atoms with van der Waals surface area (Å²) in [6.07, 6.45) is 5.51. The third kappa shape index (κ3) is 3.26. The Hall–Kier alpha value is -1.02. The minimum absolute atomic E-state index is 0.383. The van der Waals surface area contributed by atoms with E-state index < -0.39 is 0 Å². The SMILES string of the molecule is CNCC1CCCCC1Oc1ccc(C)c(C)c1. The fourth-order valence-corrected chi connectivity index (χ4v) is 2.79. The molecule has 1 aliphatic carbocycles.